The number of amides is 1. The minimum Gasteiger partial charge on any atom is -0.496 e. The zero-order valence-corrected chi connectivity index (χ0v) is 21.3. The molecule has 1 aromatic carbocycles. The maximum atomic E-state index is 13.5. The highest BCUT2D eigenvalue weighted by Crippen LogP contribution is 2.34. The summed E-state index contributed by atoms with van der Waals surface area (Å²) < 4.78 is 6.93. The lowest BCUT2D eigenvalue weighted by Crippen LogP contribution is -2.40. The first-order valence-electron chi connectivity index (χ1n) is 11.9. The second-order valence-electron chi connectivity index (χ2n) is 9.41. The molecule has 8 nitrogen and oxygen atoms in total. The number of aliphatic carboxylic acids is 1. The average Bonchev–Trinajstić information content (AvgIpc) is 2.82. The third-order valence-electron chi connectivity index (χ3n) is 6.04. The molecular formula is C28H33N3O5. The van der Waals surface area contributed by atoms with Gasteiger partial charge >= 0.3 is 5.97 Å². The Hall–Kier alpha value is -3.94. The van der Waals surface area contributed by atoms with Crippen LogP contribution in [0.5, 0.6) is 5.75 Å². The van der Waals surface area contributed by atoms with Crippen molar-refractivity contribution >= 4 is 11.9 Å². The van der Waals surface area contributed by atoms with Crippen LogP contribution >= 0.6 is 0 Å². The summed E-state index contributed by atoms with van der Waals surface area (Å²) in [6.07, 6.45) is 4.94. The molecule has 190 valence electrons. The van der Waals surface area contributed by atoms with Crippen LogP contribution in [-0.2, 0) is 9.59 Å². The van der Waals surface area contributed by atoms with Gasteiger partial charge in [0.25, 0.3) is 5.56 Å². The number of ether oxygens (including phenoxy) is 1. The van der Waals surface area contributed by atoms with Gasteiger partial charge in [-0.15, -0.1) is 0 Å². The number of aromatic nitrogens is 2. The summed E-state index contributed by atoms with van der Waals surface area (Å²) in [6.45, 7) is 7.71. The highest BCUT2D eigenvalue weighted by molar-refractivity contribution is 5.82. The monoisotopic (exact) mass is 491 g/mol. The second-order valence-corrected chi connectivity index (χ2v) is 9.41. The van der Waals surface area contributed by atoms with Crippen molar-refractivity contribution in [2.45, 2.75) is 52.6 Å². The lowest BCUT2D eigenvalue weighted by Gasteiger charge is -2.25. The summed E-state index contributed by atoms with van der Waals surface area (Å²) >= 11 is 0. The van der Waals surface area contributed by atoms with E-state index < -0.39 is 24.0 Å². The van der Waals surface area contributed by atoms with E-state index >= 15 is 0 Å². The van der Waals surface area contributed by atoms with Crippen molar-refractivity contribution in [3.8, 4) is 16.9 Å². The van der Waals surface area contributed by atoms with Gasteiger partial charge in [0.15, 0.2) is 0 Å². The van der Waals surface area contributed by atoms with Crippen LogP contribution in [0.1, 0.15) is 55.5 Å². The lowest BCUT2D eigenvalue weighted by atomic mass is 9.96. The molecule has 36 heavy (non-hydrogen) atoms. The van der Waals surface area contributed by atoms with Crippen molar-refractivity contribution in [1.29, 1.82) is 0 Å². The van der Waals surface area contributed by atoms with Crippen molar-refractivity contribution < 1.29 is 19.4 Å². The van der Waals surface area contributed by atoms with E-state index in [0.29, 0.717) is 17.7 Å². The minimum atomic E-state index is -1.06. The predicted molar refractivity (Wildman–Crippen MR) is 138 cm³/mol. The summed E-state index contributed by atoms with van der Waals surface area (Å²) in [4.78, 5) is 42.2. The van der Waals surface area contributed by atoms with E-state index in [-0.39, 0.29) is 17.9 Å². The van der Waals surface area contributed by atoms with E-state index in [2.05, 4.69) is 10.3 Å². The molecule has 0 bridgehead atoms. The zero-order chi connectivity index (χ0) is 26.4. The molecule has 3 aromatic rings. The summed E-state index contributed by atoms with van der Waals surface area (Å²) in [5.74, 6) is -0.680. The molecule has 2 atom stereocenters. The third-order valence-corrected chi connectivity index (χ3v) is 6.04. The average molecular weight is 492 g/mol. The van der Waals surface area contributed by atoms with Crippen molar-refractivity contribution in [2.75, 3.05) is 7.11 Å². The SMILES string of the molecule is COc1cccc(C)c1-c1cncc([C@H](CC(=O)O)NC(=O)[C@@H](CC(C)C)n2ccc(C)cc2=O)c1. The fraction of sp³-hybridized carbons (Fsp3) is 0.357. The highest BCUT2D eigenvalue weighted by atomic mass is 16.5. The number of carbonyl (C=O) groups excluding carboxylic acids is 1. The number of nitrogens with zero attached hydrogens (tertiary/aromatic N) is 2. The predicted octanol–water partition coefficient (Wildman–Crippen LogP) is 4.46. The summed E-state index contributed by atoms with van der Waals surface area (Å²) in [7, 11) is 1.59. The van der Waals surface area contributed by atoms with Gasteiger partial charge < -0.3 is 19.7 Å². The molecule has 0 aliphatic heterocycles. The van der Waals surface area contributed by atoms with E-state index in [9.17, 15) is 19.5 Å². The molecule has 0 radical (unpaired) electrons. The molecular weight excluding hydrogens is 458 g/mol. The van der Waals surface area contributed by atoms with Gasteiger partial charge in [-0.25, -0.2) is 0 Å². The summed E-state index contributed by atoms with van der Waals surface area (Å²) in [5, 5.41) is 12.5. The van der Waals surface area contributed by atoms with E-state index in [4.69, 9.17) is 4.74 Å². The first-order chi connectivity index (χ1) is 17.1. The van der Waals surface area contributed by atoms with Crippen molar-refractivity contribution in [3.63, 3.8) is 0 Å². The van der Waals surface area contributed by atoms with Crippen LogP contribution in [0.2, 0.25) is 0 Å². The first-order valence-corrected chi connectivity index (χ1v) is 11.9. The Morgan fingerprint density at radius 3 is 2.53 bits per heavy atom. The van der Waals surface area contributed by atoms with E-state index in [1.807, 2.05) is 52.0 Å². The molecule has 2 heterocycles. The fourth-order valence-electron chi connectivity index (χ4n) is 4.30. The Bertz CT molecular complexity index is 1300. The van der Waals surface area contributed by atoms with Gasteiger partial charge in [0.2, 0.25) is 5.91 Å². The molecule has 1 amide bonds. The van der Waals surface area contributed by atoms with Gasteiger partial charge in [0.05, 0.1) is 19.6 Å². The minimum absolute atomic E-state index is 0.130. The lowest BCUT2D eigenvalue weighted by molar-refractivity contribution is -0.138. The molecule has 0 unspecified atom stereocenters. The Kier molecular flexibility index (Phi) is 8.64. The van der Waals surface area contributed by atoms with Gasteiger partial charge in [-0.1, -0.05) is 26.0 Å². The number of carboxylic acid groups (broad SMARTS) is 1. The number of aryl methyl sites for hydroxylation is 2. The van der Waals surface area contributed by atoms with Crippen LogP contribution in [0.4, 0.5) is 0 Å². The fourth-order valence-corrected chi connectivity index (χ4v) is 4.30. The number of carbonyl (C=O) groups is 2. The maximum Gasteiger partial charge on any atom is 0.305 e. The third kappa shape index (κ3) is 6.38. The van der Waals surface area contributed by atoms with E-state index in [1.165, 1.54) is 10.6 Å². The molecule has 2 aromatic heterocycles. The van der Waals surface area contributed by atoms with Crippen molar-refractivity contribution in [2.24, 2.45) is 5.92 Å². The number of rotatable bonds is 10. The quantitative estimate of drug-likeness (QED) is 0.433. The normalized spacial score (nSPS) is 12.7. The molecule has 0 fully saturated rings. The summed E-state index contributed by atoms with van der Waals surface area (Å²) in [6, 6.07) is 9.16. The standard InChI is InChI=1S/C28H33N3O5/c1-17(2)11-23(31-10-9-18(3)12-25(31)32)28(35)30-22(14-26(33)34)20-13-21(16-29-15-20)27-19(4)7-6-8-24(27)36-5/h6-10,12-13,15-17,22-23H,11,14H2,1-5H3,(H,30,35)(H,33,34)/t22-,23+/m0/s1. The topological polar surface area (TPSA) is 111 Å². The van der Waals surface area contributed by atoms with E-state index in [1.54, 1.807) is 31.8 Å². The van der Waals surface area contributed by atoms with Gasteiger partial charge in [0, 0.05) is 35.8 Å². The van der Waals surface area contributed by atoms with Crippen molar-refractivity contribution in [1.82, 2.24) is 14.9 Å². The number of carboxylic acids is 1. The Morgan fingerprint density at radius 2 is 1.89 bits per heavy atom. The second kappa shape index (κ2) is 11.7. The van der Waals surface area contributed by atoms with Crippen LogP contribution < -0.4 is 15.6 Å². The molecule has 2 N–H and O–H groups in total. The van der Waals surface area contributed by atoms with Crippen LogP contribution in [-0.4, -0.2) is 33.6 Å². The Balaban J connectivity index is 2.00. The highest BCUT2D eigenvalue weighted by Gasteiger charge is 2.27. The molecule has 0 saturated carbocycles. The number of methoxy groups -OCH3 is 1. The Labute approximate surface area is 211 Å². The molecule has 0 saturated heterocycles. The van der Waals surface area contributed by atoms with Gasteiger partial charge in [-0.2, -0.15) is 0 Å². The molecule has 3 rings (SSSR count). The molecule has 8 heteroatoms. The van der Waals surface area contributed by atoms with E-state index in [0.717, 1.165) is 22.3 Å². The maximum absolute atomic E-state index is 13.5. The number of benzene rings is 1. The molecule has 0 aliphatic carbocycles. The number of hydrogen-bond acceptors (Lipinski definition) is 5. The van der Waals surface area contributed by atoms with Gasteiger partial charge in [0.1, 0.15) is 11.8 Å². The van der Waals surface area contributed by atoms with Crippen LogP contribution in [0.25, 0.3) is 11.1 Å². The number of nitrogens with one attached hydrogen (secondary N) is 1. The Morgan fingerprint density at radius 1 is 1.14 bits per heavy atom. The van der Waals surface area contributed by atoms with Crippen LogP contribution in [0.3, 0.4) is 0 Å². The van der Waals surface area contributed by atoms with Crippen LogP contribution in [0.15, 0.2) is 59.8 Å². The molecule has 0 aliphatic rings. The first kappa shape index (κ1) is 26.7. The van der Waals surface area contributed by atoms with Gasteiger partial charge in [-0.05, 0) is 61.1 Å². The van der Waals surface area contributed by atoms with Gasteiger partial charge in [-0.3, -0.25) is 19.4 Å². The molecule has 0 spiro atoms. The number of hydrogen-bond donors (Lipinski definition) is 2. The smallest absolute Gasteiger partial charge is 0.305 e. The van der Waals surface area contributed by atoms with Crippen molar-refractivity contribution in [3.05, 3.63) is 82.0 Å². The largest absolute Gasteiger partial charge is 0.496 e. The summed E-state index contributed by atoms with van der Waals surface area (Å²) in [5.41, 5.74) is 3.65. The zero-order valence-electron chi connectivity index (χ0n) is 21.3. The number of pyridine rings is 2. The van der Waals surface area contributed by atoms with Crippen LogP contribution in [0, 0.1) is 19.8 Å².